The summed E-state index contributed by atoms with van der Waals surface area (Å²) in [5, 5.41) is 15.5. The van der Waals surface area contributed by atoms with Gasteiger partial charge in [-0.2, -0.15) is 5.10 Å². The number of fused-ring (bicyclic) bond motifs is 1. The van der Waals surface area contributed by atoms with Gasteiger partial charge in [0.2, 0.25) is 0 Å². The van der Waals surface area contributed by atoms with Crippen LogP contribution in [0.15, 0.2) is 0 Å². The minimum atomic E-state index is -0.955. The van der Waals surface area contributed by atoms with Crippen molar-refractivity contribution < 1.29 is 14.6 Å². The zero-order chi connectivity index (χ0) is 10.5. The van der Waals surface area contributed by atoms with Crippen LogP contribution in [-0.2, 0) is 17.8 Å². The van der Waals surface area contributed by atoms with Crippen molar-refractivity contribution in [2.24, 2.45) is 0 Å². The standard InChI is InChI=1S/C10H12N2O3/c13-9(14)8-6-4-10(2-1-3-10)15-5-7(6)11-12-8/h1-5H2,(H,11,12)(H,13,14). The number of hydrogen-bond acceptors (Lipinski definition) is 3. The second kappa shape index (κ2) is 2.82. The van der Waals surface area contributed by atoms with Crippen LogP contribution in [0.5, 0.6) is 0 Å². The second-order valence-corrected chi connectivity index (χ2v) is 4.34. The fourth-order valence-electron chi connectivity index (χ4n) is 2.38. The van der Waals surface area contributed by atoms with Gasteiger partial charge in [-0.25, -0.2) is 4.79 Å². The molecule has 1 aromatic heterocycles. The summed E-state index contributed by atoms with van der Waals surface area (Å²) < 4.78 is 5.76. The van der Waals surface area contributed by atoms with Crippen molar-refractivity contribution in [3.05, 3.63) is 17.0 Å². The summed E-state index contributed by atoms with van der Waals surface area (Å²) in [5.41, 5.74) is 1.75. The minimum Gasteiger partial charge on any atom is -0.476 e. The predicted molar refractivity (Wildman–Crippen MR) is 50.6 cm³/mol. The molecule has 0 bridgehead atoms. The fraction of sp³-hybridized carbons (Fsp3) is 0.600. The maximum absolute atomic E-state index is 10.9. The molecule has 1 spiro atoms. The molecule has 80 valence electrons. The molecular weight excluding hydrogens is 196 g/mol. The fourth-order valence-corrected chi connectivity index (χ4v) is 2.38. The Morgan fingerprint density at radius 3 is 2.93 bits per heavy atom. The molecule has 0 saturated heterocycles. The Labute approximate surface area is 86.4 Å². The molecule has 5 heteroatoms. The molecule has 2 N–H and O–H groups in total. The third-order valence-corrected chi connectivity index (χ3v) is 3.44. The van der Waals surface area contributed by atoms with Crippen molar-refractivity contribution in [2.75, 3.05) is 0 Å². The molecule has 0 amide bonds. The largest absolute Gasteiger partial charge is 0.476 e. The summed E-state index contributed by atoms with van der Waals surface area (Å²) in [6.45, 7) is 0.468. The molecule has 1 fully saturated rings. The van der Waals surface area contributed by atoms with Crippen LogP contribution in [0.4, 0.5) is 0 Å². The number of rotatable bonds is 1. The highest BCUT2D eigenvalue weighted by Gasteiger charge is 2.43. The zero-order valence-electron chi connectivity index (χ0n) is 8.25. The molecule has 2 aliphatic rings. The SMILES string of the molecule is O=C(O)c1n[nH]c2c1CC1(CCC1)OC2. The molecule has 1 aromatic rings. The number of H-pyrrole nitrogens is 1. The molecule has 1 saturated carbocycles. The van der Waals surface area contributed by atoms with Gasteiger partial charge in [0.15, 0.2) is 5.69 Å². The van der Waals surface area contributed by atoms with E-state index in [1.807, 2.05) is 0 Å². The van der Waals surface area contributed by atoms with E-state index in [2.05, 4.69) is 10.2 Å². The summed E-state index contributed by atoms with van der Waals surface area (Å²) in [6.07, 6.45) is 3.95. The lowest BCUT2D eigenvalue weighted by atomic mass is 9.74. The Morgan fingerprint density at radius 2 is 2.33 bits per heavy atom. The highest BCUT2D eigenvalue weighted by Crippen LogP contribution is 2.42. The van der Waals surface area contributed by atoms with Crippen LogP contribution in [0.25, 0.3) is 0 Å². The first-order valence-electron chi connectivity index (χ1n) is 5.14. The molecular formula is C10H12N2O3. The van der Waals surface area contributed by atoms with E-state index in [-0.39, 0.29) is 11.3 Å². The number of carboxylic acids is 1. The van der Waals surface area contributed by atoms with Gasteiger partial charge in [-0.05, 0) is 19.3 Å². The summed E-state index contributed by atoms with van der Waals surface area (Å²) in [4.78, 5) is 10.9. The average Bonchev–Trinajstić information content (AvgIpc) is 2.57. The Balaban J connectivity index is 1.98. The summed E-state index contributed by atoms with van der Waals surface area (Å²) in [7, 11) is 0. The number of aromatic nitrogens is 2. The van der Waals surface area contributed by atoms with E-state index in [0.717, 1.165) is 24.1 Å². The van der Waals surface area contributed by atoms with E-state index in [1.54, 1.807) is 0 Å². The van der Waals surface area contributed by atoms with Crippen molar-refractivity contribution in [3.8, 4) is 0 Å². The van der Waals surface area contributed by atoms with Crippen LogP contribution in [0.1, 0.15) is 41.0 Å². The third kappa shape index (κ3) is 1.19. The van der Waals surface area contributed by atoms with E-state index >= 15 is 0 Å². The molecule has 0 atom stereocenters. The Kier molecular flexibility index (Phi) is 1.68. The first-order valence-corrected chi connectivity index (χ1v) is 5.14. The van der Waals surface area contributed by atoms with Gasteiger partial charge in [0.1, 0.15) is 0 Å². The van der Waals surface area contributed by atoms with Gasteiger partial charge in [0.25, 0.3) is 0 Å². The molecule has 0 radical (unpaired) electrons. The maximum atomic E-state index is 10.9. The smallest absolute Gasteiger partial charge is 0.356 e. The molecule has 5 nitrogen and oxygen atoms in total. The average molecular weight is 208 g/mol. The number of ether oxygens (including phenoxy) is 1. The van der Waals surface area contributed by atoms with Gasteiger partial charge in [0, 0.05) is 12.0 Å². The first kappa shape index (κ1) is 8.91. The highest BCUT2D eigenvalue weighted by atomic mass is 16.5. The molecule has 15 heavy (non-hydrogen) atoms. The lowest BCUT2D eigenvalue weighted by Crippen LogP contribution is -2.44. The topological polar surface area (TPSA) is 75.2 Å². The Bertz CT molecular complexity index is 420. The van der Waals surface area contributed by atoms with Crippen LogP contribution in [0.2, 0.25) is 0 Å². The number of hydrogen-bond donors (Lipinski definition) is 2. The van der Waals surface area contributed by atoms with Gasteiger partial charge in [-0.1, -0.05) is 0 Å². The number of nitrogens with one attached hydrogen (secondary N) is 1. The Hall–Kier alpha value is -1.36. The van der Waals surface area contributed by atoms with Gasteiger partial charge in [-0.15, -0.1) is 0 Å². The Morgan fingerprint density at radius 1 is 1.53 bits per heavy atom. The number of aromatic carboxylic acids is 1. The second-order valence-electron chi connectivity index (χ2n) is 4.34. The quantitative estimate of drug-likeness (QED) is 0.724. The lowest BCUT2D eigenvalue weighted by Gasteiger charge is -2.44. The third-order valence-electron chi connectivity index (χ3n) is 3.44. The molecule has 0 unspecified atom stereocenters. The van der Waals surface area contributed by atoms with E-state index < -0.39 is 5.97 Å². The van der Waals surface area contributed by atoms with Crippen molar-refractivity contribution in [2.45, 2.75) is 37.9 Å². The van der Waals surface area contributed by atoms with Crippen LogP contribution in [0.3, 0.4) is 0 Å². The van der Waals surface area contributed by atoms with Crippen LogP contribution in [0, 0.1) is 0 Å². The van der Waals surface area contributed by atoms with Crippen molar-refractivity contribution in [3.63, 3.8) is 0 Å². The zero-order valence-corrected chi connectivity index (χ0v) is 8.25. The molecule has 2 heterocycles. The highest BCUT2D eigenvalue weighted by molar-refractivity contribution is 5.87. The monoisotopic (exact) mass is 208 g/mol. The number of nitrogens with zero attached hydrogens (tertiary/aromatic N) is 1. The lowest BCUT2D eigenvalue weighted by molar-refractivity contribution is -0.119. The van der Waals surface area contributed by atoms with Gasteiger partial charge in [-0.3, -0.25) is 5.10 Å². The van der Waals surface area contributed by atoms with Crippen LogP contribution in [-0.4, -0.2) is 26.9 Å². The van der Waals surface area contributed by atoms with E-state index in [9.17, 15) is 4.79 Å². The normalized spacial score (nSPS) is 22.1. The van der Waals surface area contributed by atoms with Gasteiger partial charge in [0.05, 0.1) is 17.9 Å². The van der Waals surface area contributed by atoms with Gasteiger partial charge < -0.3 is 9.84 Å². The number of aromatic amines is 1. The minimum absolute atomic E-state index is 0.0823. The molecule has 0 aromatic carbocycles. The number of carbonyl (C=O) groups is 1. The van der Waals surface area contributed by atoms with E-state index in [0.29, 0.717) is 13.0 Å². The summed E-state index contributed by atoms with van der Waals surface area (Å²) in [5.74, 6) is -0.955. The summed E-state index contributed by atoms with van der Waals surface area (Å²) in [6, 6.07) is 0. The molecule has 1 aliphatic heterocycles. The first-order chi connectivity index (χ1) is 7.20. The molecule has 1 aliphatic carbocycles. The van der Waals surface area contributed by atoms with Crippen molar-refractivity contribution in [1.82, 2.24) is 10.2 Å². The van der Waals surface area contributed by atoms with Crippen molar-refractivity contribution in [1.29, 1.82) is 0 Å². The van der Waals surface area contributed by atoms with Gasteiger partial charge >= 0.3 is 5.97 Å². The van der Waals surface area contributed by atoms with Crippen LogP contribution < -0.4 is 0 Å². The van der Waals surface area contributed by atoms with Crippen molar-refractivity contribution >= 4 is 5.97 Å². The predicted octanol–water partition coefficient (Wildman–Crippen LogP) is 1.10. The van der Waals surface area contributed by atoms with Crippen LogP contribution >= 0.6 is 0 Å². The van der Waals surface area contributed by atoms with E-state index in [1.165, 1.54) is 6.42 Å². The molecule has 3 rings (SSSR count). The number of carboxylic acid groups (broad SMARTS) is 1. The maximum Gasteiger partial charge on any atom is 0.356 e. The van der Waals surface area contributed by atoms with E-state index in [4.69, 9.17) is 9.84 Å². The summed E-state index contributed by atoms with van der Waals surface area (Å²) >= 11 is 0.